The van der Waals surface area contributed by atoms with Gasteiger partial charge in [0.15, 0.2) is 0 Å². The lowest BCUT2D eigenvalue weighted by Crippen LogP contribution is -2.62. The van der Waals surface area contributed by atoms with Crippen molar-refractivity contribution in [3.05, 3.63) is 47.3 Å². The molecule has 0 unspecified atom stereocenters. The molecule has 1 aliphatic heterocycles. The van der Waals surface area contributed by atoms with Crippen molar-refractivity contribution in [3.8, 4) is 10.4 Å². The molecule has 3 N–H and O–H groups in total. The summed E-state index contributed by atoms with van der Waals surface area (Å²) in [6, 6.07) is 15.0. The van der Waals surface area contributed by atoms with Gasteiger partial charge in [-0.05, 0) is 43.6 Å². The van der Waals surface area contributed by atoms with Crippen molar-refractivity contribution in [1.29, 1.82) is 0 Å². The molecule has 2 atom stereocenters. The number of nitrogens with two attached hydrogens (primary N) is 1. The maximum absolute atomic E-state index is 10.4. The number of rotatable bonds is 6. The van der Waals surface area contributed by atoms with Gasteiger partial charge in [0.1, 0.15) is 0 Å². The number of ether oxygens (including phenoxy) is 1. The Balaban J connectivity index is 1.34. The molecule has 1 aliphatic carbocycles. The fourth-order valence-electron chi connectivity index (χ4n) is 4.39. The Kier molecular flexibility index (Phi) is 5.43. The van der Waals surface area contributed by atoms with E-state index in [1.165, 1.54) is 15.3 Å². The lowest BCUT2D eigenvalue weighted by Gasteiger charge is -2.56. The molecule has 5 heteroatoms. The highest BCUT2D eigenvalue weighted by Gasteiger charge is 2.55. The van der Waals surface area contributed by atoms with Crippen LogP contribution in [0.5, 0.6) is 0 Å². The SMILES string of the molecule is NCCO[C@@H]1C[C@H](O)C12CCN(Cc1ccc(-c3ccccc3)s1)CC2. The topological polar surface area (TPSA) is 58.7 Å². The number of hydrogen-bond acceptors (Lipinski definition) is 5. The molecule has 2 aliphatic rings. The first kappa shape index (κ1) is 18.1. The number of aliphatic hydroxyl groups is 1. The van der Waals surface area contributed by atoms with E-state index in [-0.39, 0.29) is 17.6 Å². The van der Waals surface area contributed by atoms with Crippen molar-refractivity contribution in [2.45, 2.75) is 38.0 Å². The maximum atomic E-state index is 10.4. The van der Waals surface area contributed by atoms with E-state index in [1.54, 1.807) is 0 Å². The Morgan fingerprint density at radius 2 is 1.92 bits per heavy atom. The molecule has 4 nitrogen and oxygen atoms in total. The first-order chi connectivity index (χ1) is 12.7. The van der Waals surface area contributed by atoms with Gasteiger partial charge in [-0.3, -0.25) is 4.90 Å². The van der Waals surface area contributed by atoms with E-state index in [2.05, 4.69) is 47.4 Å². The number of piperidine rings is 1. The molecule has 26 heavy (non-hydrogen) atoms. The van der Waals surface area contributed by atoms with E-state index in [1.807, 2.05) is 11.3 Å². The molecule has 1 spiro atoms. The van der Waals surface area contributed by atoms with E-state index in [0.717, 1.165) is 38.9 Å². The summed E-state index contributed by atoms with van der Waals surface area (Å²) >= 11 is 1.88. The number of likely N-dealkylation sites (tertiary alicyclic amines) is 1. The van der Waals surface area contributed by atoms with E-state index < -0.39 is 0 Å². The van der Waals surface area contributed by atoms with Crippen molar-refractivity contribution in [3.63, 3.8) is 0 Å². The second-order valence-corrected chi connectivity index (χ2v) is 8.71. The van der Waals surface area contributed by atoms with Crippen LogP contribution in [-0.2, 0) is 11.3 Å². The Bertz CT molecular complexity index is 710. The van der Waals surface area contributed by atoms with Crippen LogP contribution in [0.3, 0.4) is 0 Å². The smallest absolute Gasteiger partial charge is 0.0682 e. The quantitative estimate of drug-likeness (QED) is 0.818. The van der Waals surface area contributed by atoms with Gasteiger partial charge in [-0.1, -0.05) is 30.3 Å². The van der Waals surface area contributed by atoms with Crippen molar-refractivity contribution < 1.29 is 9.84 Å². The largest absolute Gasteiger partial charge is 0.392 e. The molecule has 140 valence electrons. The second kappa shape index (κ2) is 7.79. The molecule has 0 radical (unpaired) electrons. The maximum Gasteiger partial charge on any atom is 0.0682 e. The highest BCUT2D eigenvalue weighted by Crippen LogP contribution is 2.51. The summed E-state index contributed by atoms with van der Waals surface area (Å²) in [7, 11) is 0. The van der Waals surface area contributed by atoms with Gasteiger partial charge in [0.25, 0.3) is 0 Å². The molecular formula is C21H28N2O2S. The fraction of sp³-hybridized carbons (Fsp3) is 0.524. The first-order valence-corrected chi connectivity index (χ1v) is 10.4. The zero-order chi connectivity index (χ0) is 18.0. The van der Waals surface area contributed by atoms with Crippen molar-refractivity contribution >= 4 is 11.3 Å². The Labute approximate surface area is 159 Å². The van der Waals surface area contributed by atoms with E-state index in [9.17, 15) is 5.11 Å². The minimum absolute atomic E-state index is 0.0314. The second-order valence-electron chi connectivity index (χ2n) is 7.54. The molecule has 4 rings (SSSR count). The average molecular weight is 373 g/mol. The van der Waals surface area contributed by atoms with Crippen LogP contribution in [-0.4, -0.2) is 48.5 Å². The Morgan fingerprint density at radius 1 is 1.15 bits per heavy atom. The summed E-state index contributed by atoms with van der Waals surface area (Å²) in [4.78, 5) is 5.25. The summed E-state index contributed by atoms with van der Waals surface area (Å²) < 4.78 is 5.90. The number of aliphatic hydroxyl groups excluding tert-OH is 1. The van der Waals surface area contributed by atoms with Gasteiger partial charge in [0.2, 0.25) is 0 Å². The molecule has 0 bridgehead atoms. The van der Waals surface area contributed by atoms with Crippen LogP contribution in [0.2, 0.25) is 0 Å². The monoisotopic (exact) mass is 372 g/mol. The van der Waals surface area contributed by atoms with Gasteiger partial charge in [0, 0.05) is 34.7 Å². The minimum Gasteiger partial charge on any atom is -0.392 e. The number of nitrogens with zero attached hydrogens (tertiary/aromatic N) is 1. The van der Waals surface area contributed by atoms with E-state index in [0.29, 0.717) is 13.2 Å². The third-order valence-corrected chi connectivity index (χ3v) is 7.18. The van der Waals surface area contributed by atoms with Crippen LogP contribution < -0.4 is 5.73 Å². The van der Waals surface area contributed by atoms with Crippen molar-refractivity contribution in [1.82, 2.24) is 4.90 Å². The number of hydrogen-bond donors (Lipinski definition) is 2. The number of benzene rings is 1. The van der Waals surface area contributed by atoms with Gasteiger partial charge >= 0.3 is 0 Å². The molecule has 1 aromatic carbocycles. The van der Waals surface area contributed by atoms with Crippen LogP contribution in [0.25, 0.3) is 10.4 Å². The minimum atomic E-state index is -0.209. The standard InChI is InChI=1S/C21H28N2O2S/c22-10-13-25-20-14-19(24)21(20)8-11-23(12-9-21)15-17-6-7-18(26-17)16-4-2-1-3-5-16/h1-7,19-20,24H,8-15,22H2/t19-,20+/m0/s1. The fourth-order valence-corrected chi connectivity index (χ4v) is 5.45. The Hall–Kier alpha value is -1.24. The molecule has 2 aromatic rings. The molecule has 1 aromatic heterocycles. The summed E-state index contributed by atoms with van der Waals surface area (Å²) in [6.07, 6.45) is 2.78. The van der Waals surface area contributed by atoms with Gasteiger partial charge < -0.3 is 15.6 Å². The van der Waals surface area contributed by atoms with Gasteiger partial charge in [0.05, 0.1) is 18.8 Å². The van der Waals surface area contributed by atoms with Crippen LogP contribution in [0.1, 0.15) is 24.1 Å². The summed E-state index contributed by atoms with van der Waals surface area (Å²) in [5.41, 5.74) is 6.82. The van der Waals surface area contributed by atoms with Crippen molar-refractivity contribution in [2.24, 2.45) is 11.1 Å². The zero-order valence-corrected chi connectivity index (χ0v) is 16.0. The lowest BCUT2D eigenvalue weighted by atomic mass is 9.58. The number of thiophene rings is 1. The van der Waals surface area contributed by atoms with Gasteiger partial charge in [-0.15, -0.1) is 11.3 Å². The molecular weight excluding hydrogens is 344 g/mol. The predicted molar refractivity (Wildman–Crippen MR) is 106 cm³/mol. The third-order valence-electron chi connectivity index (χ3n) is 6.07. The van der Waals surface area contributed by atoms with E-state index in [4.69, 9.17) is 10.5 Å². The zero-order valence-electron chi connectivity index (χ0n) is 15.1. The highest BCUT2D eigenvalue weighted by molar-refractivity contribution is 7.15. The Morgan fingerprint density at radius 3 is 2.62 bits per heavy atom. The van der Waals surface area contributed by atoms with Gasteiger partial charge in [-0.2, -0.15) is 0 Å². The third kappa shape index (κ3) is 3.47. The predicted octanol–water partition coefficient (Wildman–Crippen LogP) is 3.11. The van der Waals surface area contributed by atoms with Crippen LogP contribution in [0.15, 0.2) is 42.5 Å². The highest BCUT2D eigenvalue weighted by atomic mass is 32.1. The molecule has 2 fully saturated rings. The molecule has 1 saturated carbocycles. The summed E-state index contributed by atoms with van der Waals surface area (Å²) in [6.45, 7) is 4.20. The van der Waals surface area contributed by atoms with Crippen LogP contribution in [0.4, 0.5) is 0 Å². The summed E-state index contributed by atoms with van der Waals surface area (Å²) in [5, 5.41) is 10.4. The van der Waals surface area contributed by atoms with E-state index >= 15 is 0 Å². The normalized spacial score (nSPS) is 25.3. The average Bonchev–Trinajstić information content (AvgIpc) is 3.15. The molecule has 1 saturated heterocycles. The van der Waals surface area contributed by atoms with Crippen molar-refractivity contribution in [2.75, 3.05) is 26.2 Å². The summed E-state index contributed by atoms with van der Waals surface area (Å²) in [5.74, 6) is 0. The molecule has 2 heterocycles. The first-order valence-electron chi connectivity index (χ1n) is 9.57. The van der Waals surface area contributed by atoms with Crippen LogP contribution >= 0.6 is 11.3 Å². The molecule has 0 amide bonds. The lowest BCUT2D eigenvalue weighted by molar-refractivity contribution is -0.210. The van der Waals surface area contributed by atoms with Gasteiger partial charge in [-0.25, -0.2) is 0 Å². The van der Waals surface area contributed by atoms with Crippen LogP contribution in [0, 0.1) is 5.41 Å².